The van der Waals surface area contributed by atoms with E-state index >= 15 is 0 Å². The maximum Gasteiger partial charge on any atom is 0.270 e. The molecule has 0 aliphatic rings. The summed E-state index contributed by atoms with van der Waals surface area (Å²) >= 11 is 0. The molecule has 0 saturated heterocycles. The topological polar surface area (TPSA) is 56.0 Å². The number of benzene rings is 1. The molecule has 0 radical (unpaired) electrons. The van der Waals surface area contributed by atoms with Gasteiger partial charge in [0, 0.05) is 23.7 Å². The Morgan fingerprint density at radius 3 is 2.93 bits per heavy atom. The van der Waals surface area contributed by atoms with E-state index in [9.17, 15) is 10.1 Å². The smallest absolute Gasteiger partial charge is 0.258 e. The van der Waals surface area contributed by atoms with Crippen molar-refractivity contribution >= 4 is 16.6 Å². The van der Waals surface area contributed by atoms with Crippen molar-refractivity contribution < 1.29 is 4.92 Å². The molecule has 0 bridgehead atoms. The normalized spacial score (nSPS) is 10.4. The third kappa shape index (κ3) is 1.31. The van der Waals surface area contributed by atoms with Crippen LogP contribution in [-0.2, 0) is 0 Å². The van der Waals surface area contributed by atoms with Crippen LogP contribution in [0.2, 0.25) is 0 Å². The van der Waals surface area contributed by atoms with Crippen LogP contribution >= 0.6 is 0 Å². The Morgan fingerprint density at radius 2 is 2.21 bits per heavy atom. The second-order valence-corrected chi connectivity index (χ2v) is 3.09. The number of nitrogens with zero attached hydrogens (tertiary/aromatic N) is 2. The van der Waals surface area contributed by atoms with Crippen LogP contribution in [0.5, 0.6) is 0 Å². The molecule has 0 amide bonds. The van der Waals surface area contributed by atoms with Crippen molar-refractivity contribution in [1.82, 2.24) is 4.98 Å². The first-order chi connectivity index (χ1) is 6.68. The first-order valence-corrected chi connectivity index (χ1v) is 4.18. The Kier molecular flexibility index (Phi) is 1.89. The molecule has 0 saturated carbocycles. The molecular weight excluding hydrogens is 180 g/mol. The number of fused-ring (bicyclic) bond motifs is 1. The van der Waals surface area contributed by atoms with Gasteiger partial charge in [-0.25, -0.2) is 0 Å². The van der Waals surface area contributed by atoms with Gasteiger partial charge in [-0.05, 0) is 18.6 Å². The lowest BCUT2D eigenvalue weighted by Gasteiger charge is -2.00. The molecule has 1 heterocycles. The summed E-state index contributed by atoms with van der Waals surface area (Å²) in [6.45, 7) is 1.82. The predicted molar refractivity (Wildman–Crippen MR) is 53.1 cm³/mol. The Bertz CT molecular complexity index is 508. The van der Waals surface area contributed by atoms with Gasteiger partial charge in [0.15, 0.2) is 0 Å². The summed E-state index contributed by atoms with van der Waals surface area (Å²) in [6, 6.07) is 6.67. The minimum atomic E-state index is -0.389. The SMILES string of the molecule is Cc1cc([N+](=O)[O-])cc2cccnc12. The van der Waals surface area contributed by atoms with Gasteiger partial charge in [-0.3, -0.25) is 15.1 Å². The largest absolute Gasteiger partial charge is 0.270 e. The van der Waals surface area contributed by atoms with E-state index in [1.807, 2.05) is 13.0 Å². The van der Waals surface area contributed by atoms with E-state index in [0.717, 1.165) is 16.5 Å². The molecule has 0 unspecified atom stereocenters. The van der Waals surface area contributed by atoms with Gasteiger partial charge >= 0.3 is 0 Å². The minimum absolute atomic E-state index is 0.114. The molecular formula is C10H8N2O2. The average molecular weight is 188 g/mol. The fourth-order valence-electron chi connectivity index (χ4n) is 1.46. The van der Waals surface area contributed by atoms with Gasteiger partial charge < -0.3 is 0 Å². The highest BCUT2D eigenvalue weighted by molar-refractivity contribution is 5.83. The molecule has 1 aromatic carbocycles. The number of rotatable bonds is 1. The van der Waals surface area contributed by atoms with Crippen molar-refractivity contribution in [3.8, 4) is 0 Å². The fourth-order valence-corrected chi connectivity index (χ4v) is 1.46. The van der Waals surface area contributed by atoms with Crippen LogP contribution in [0.25, 0.3) is 10.9 Å². The van der Waals surface area contributed by atoms with Gasteiger partial charge in [-0.15, -0.1) is 0 Å². The lowest BCUT2D eigenvalue weighted by atomic mass is 10.1. The molecule has 2 rings (SSSR count). The van der Waals surface area contributed by atoms with Crippen LogP contribution in [0.3, 0.4) is 0 Å². The van der Waals surface area contributed by atoms with Gasteiger partial charge in [0.05, 0.1) is 10.4 Å². The molecule has 4 heteroatoms. The maximum atomic E-state index is 10.6. The molecule has 4 nitrogen and oxygen atoms in total. The highest BCUT2D eigenvalue weighted by Crippen LogP contribution is 2.22. The van der Waals surface area contributed by atoms with E-state index < -0.39 is 0 Å². The highest BCUT2D eigenvalue weighted by atomic mass is 16.6. The molecule has 14 heavy (non-hydrogen) atoms. The molecule has 0 spiro atoms. The number of nitro groups is 1. The number of aryl methyl sites for hydroxylation is 1. The monoisotopic (exact) mass is 188 g/mol. The second-order valence-electron chi connectivity index (χ2n) is 3.09. The molecule has 70 valence electrons. The average Bonchev–Trinajstić information content (AvgIpc) is 2.17. The quantitative estimate of drug-likeness (QED) is 0.510. The number of non-ortho nitro benzene ring substituents is 1. The Labute approximate surface area is 80.4 Å². The van der Waals surface area contributed by atoms with Crippen LogP contribution in [0.1, 0.15) is 5.56 Å². The van der Waals surface area contributed by atoms with E-state index in [1.165, 1.54) is 12.1 Å². The van der Waals surface area contributed by atoms with Crippen LogP contribution in [0.4, 0.5) is 5.69 Å². The van der Waals surface area contributed by atoms with E-state index in [2.05, 4.69) is 4.98 Å². The molecule has 1 aromatic heterocycles. The summed E-state index contributed by atoms with van der Waals surface area (Å²) in [5.41, 5.74) is 1.76. The summed E-state index contributed by atoms with van der Waals surface area (Å²) in [5, 5.41) is 11.4. The van der Waals surface area contributed by atoms with Crippen LogP contribution in [0.15, 0.2) is 30.5 Å². The molecule has 0 aliphatic carbocycles. The van der Waals surface area contributed by atoms with E-state index in [-0.39, 0.29) is 10.6 Å². The lowest BCUT2D eigenvalue weighted by molar-refractivity contribution is -0.384. The van der Waals surface area contributed by atoms with E-state index in [0.29, 0.717) is 0 Å². The Morgan fingerprint density at radius 1 is 1.43 bits per heavy atom. The molecule has 0 fully saturated rings. The van der Waals surface area contributed by atoms with Crippen LogP contribution < -0.4 is 0 Å². The summed E-state index contributed by atoms with van der Waals surface area (Å²) in [6.07, 6.45) is 1.68. The standard InChI is InChI=1S/C10H8N2O2/c1-7-5-9(12(13)14)6-8-3-2-4-11-10(7)8/h2-6H,1H3. The maximum absolute atomic E-state index is 10.6. The first kappa shape index (κ1) is 8.62. The number of pyridine rings is 1. The van der Waals surface area contributed by atoms with Crippen LogP contribution in [-0.4, -0.2) is 9.91 Å². The van der Waals surface area contributed by atoms with Crippen molar-refractivity contribution in [3.63, 3.8) is 0 Å². The summed E-state index contributed by atoms with van der Waals surface area (Å²) in [7, 11) is 0. The Balaban J connectivity index is 2.78. The first-order valence-electron chi connectivity index (χ1n) is 4.18. The minimum Gasteiger partial charge on any atom is -0.258 e. The molecule has 0 N–H and O–H groups in total. The van der Waals surface area contributed by atoms with Gasteiger partial charge in [0.1, 0.15) is 0 Å². The van der Waals surface area contributed by atoms with Crippen molar-refractivity contribution in [1.29, 1.82) is 0 Å². The zero-order chi connectivity index (χ0) is 10.1. The van der Waals surface area contributed by atoms with Gasteiger partial charge in [-0.2, -0.15) is 0 Å². The van der Waals surface area contributed by atoms with Gasteiger partial charge in [0.25, 0.3) is 5.69 Å². The van der Waals surface area contributed by atoms with Crippen LogP contribution in [0, 0.1) is 17.0 Å². The van der Waals surface area contributed by atoms with Gasteiger partial charge in [-0.1, -0.05) is 6.07 Å². The third-order valence-electron chi connectivity index (χ3n) is 2.09. The van der Waals surface area contributed by atoms with Crippen molar-refractivity contribution in [3.05, 3.63) is 46.1 Å². The Hall–Kier alpha value is -1.97. The number of hydrogen-bond donors (Lipinski definition) is 0. The molecule has 2 aromatic rings. The summed E-state index contributed by atoms with van der Waals surface area (Å²) < 4.78 is 0. The van der Waals surface area contributed by atoms with Crippen molar-refractivity contribution in [2.75, 3.05) is 0 Å². The summed E-state index contributed by atoms with van der Waals surface area (Å²) in [5.74, 6) is 0. The highest BCUT2D eigenvalue weighted by Gasteiger charge is 2.08. The number of aromatic nitrogens is 1. The van der Waals surface area contributed by atoms with E-state index in [4.69, 9.17) is 0 Å². The molecule has 0 aliphatic heterocycles. The third-order valence-corrected chi connectivity index (χ3v) is 2.09. The fraction of sp³-hybridized carbons (Fsp3) is 0.100. The summed E-state index contributed by atoms with van der Waals surface area (Å²) in [4.78, 5) is 14.4. The van der Waals surface area contributed by atoms with Crippen molar-refractivity contribution in [2.24, 2.45) is 0 Å². The number of nitro benzene ring substituents is 1. The lowest BCUT2D eigenvalue weighted by Crippen LogP contribution is -1.90. The molecule has 0 atom stereocenters. The second kappa shape index (κ2) is 3.06. The predicted octanol–water partition coefficient (Wildman–Crippen LogP) is 2.45. The zero-order valence-corrected chi connectivity index (χ0v) is 7.60. The van der Waals surface area contributed by atoms with E-state index in [1.54, 1.807) is 12.3 Å². The zero-order valence-electron chi connectivity index (χ0n) is 7.60. The number of hydrogen-bond acceptors (Lipinski definition) is 3. The van der Waals surface area contributed by atoms with Gasteiger partial charge in [0.2, 0.25) is 0 Å². The van der Waals surface area contributed by atoms with Crippen molar-refractivity contribution in [2.45, 2.75) is 6.92 Å².